The van der Waals surface area contributed by atoms with Crippen molar-refractivity contribution in [2.45, 2.75) is 39.3 Å². The maximum atomic E-state index is 4.70. The monoisotopic (exact) mass is 362 g/mol. The molecule has 2 aliphatic rings. The molecule has 27 heavy (non-hydrogen) atoms. The highest BCUT2D eigenvalue weighted by Gasteiger charge is 2.38. The Labute approximate surface area is 159 Å². The smallest absolute Gasteiger partial charge is 0.177 e. The first-order valence-electron chi connectivity index (χ1n) is 9.89. The molecule has 2 atom stereocenters. The Morgan fingerprint density at radius 3 is 2.85 bits per heavy atom. The maximum absolute atomic E-state index is 4.70. The van der Waals surface area contributed by atoms with Crippen LogP contribution in [0.5, 0.6) is 0 Å². The van der Waals surface area contributed by atoms with Gasteiger partial charge in [0.1, 0.15) is 12.1 Å². The Morgan fingerprint density at radius 1 is 1.07 bits per heavy atom. The SMILES string of the molecule is Cc1ccc(CN2CCC3CCN(c4ccc5nncn5n4)CC32)c(C)c1. The molecule has 0 bridgehead atoms. The normalized spacial score (nSPS) is 23.1. The lowest BCUT2D eigenvalue weighted by atomic mass is 9.92. The molecule has 0 aliphatic carbocycles. The molecule has 4 heterocycles. The van der Waals surface area contributed by atoms with Crippen molar-refractivity contribution in [2.75, 3.05) is 24.5 Å². The molecule has 2 saturated heterocycles. The van der Waals surface area contributed by atoms with Gasteiger partial charge < -0.3 is 4.90 Å². The summed E-state index contributed by atoms with van der Waals surface area (Å²) in [5.41, 5.74) is 5.01. The predicted octanol–water partition coefficient (Wildman–Crippen LogP) is 2.84. The number of rotatable bonds is 3. The Morgan fingerprint density at radius 2 is 1.96 bits per heavy atom. The third-order valence-corrected chi connectivity index (χ3v) is 6.32. The molecule has 2 aliphatic heterocycles. The minimum absolute atomic E-state index is 0.609. The summed E-state index contributed by atoms with van der Waals surface area (Å²) in [5.74, 6) is 1.84. The van der Waals surface area contributed by atoms with Gasteiger partial charge in [0.05, 0.1) is 0 Å². The van der Waals surface area contributed by atoms with E-state index in [9.17, 15) is 0 Å². The van der Waals surface area contributed by atoms with E-state index in [1.165, 1.54) is 36.1 Å². The fraction of sp³-hybridized carbons (Fsp3) is 0.476. The van der Waals surface area contributed by atoms with Crippen LogP contribution >= 0.6 is 0 Å². The van der Waals surface area contributed by atoms with Crippen molar-refractivity contribution in [3.05, 3.63) is 53.3 Å². The van der Waals surface area contributed by atoms with Gasteiger partial charge in [-0.05, 0) is 62.4 Å². The molecule has 0 radical (unpaired) electrons. The first-order chi connectivity index (χ1) is 13.2. The summed E-state index contributed by atoms with van der Waals surface area (Å²) in [6.07, 6.45) is 4.24. The lowest BCUT2D eigenvalue weighted by Crippen LogP contribution is -2.48. The second-order valence-corrected chi connectivity index (χ2v) is 8.08. The van der Waals surface area contributed by atoms with Crippen LogP contribution in [-0.2, 0) is 6.54 Å². The highest BCUT2D eigenvalue weighted by molar-refractivity contribution is 5.45. The second kappa shape index (κ2) is 6.60. The summed E-state index contributed by atoms with van der Waals surface area (Å²) in [4.78, 5) is 5.12. The minimum Gasteiger partial charge on any atom is -0.354 e. The van der Waals surface area contributed by atoms with E-state index in [4.69, 9.17) is 5.10 Å². The van der Waals surface area contributed by atoms with E-state index in [2.05, 4.69) is 58.1 Å². The van der Waals surface area contributed by atoms with Crippen molar-refractivity contribution >= 4 is 11.5 Å². The average molecular weight is 362 g/mol. The average Bonchev–Trinajstić information content (AvgIpc) is 3.30. The first kappa shape index (κ1) is 16.7. The molecule has 2 aromatic heterocycles. The third kappa shape index (κ3) is 3.08. The van der Waals surface area contributed by atoms with Crippen LogP contribution in [0.3, 0.4) is 0 Å². The van der Waals surface area contributed by atoms with Gasteiger partial charge in [-0.1, -0.05) is 23.8 Å². The lowest BCUT2D eigenvalue weighted by molar-refractivity contribution is 0.200. The Balaban J connectivity index is 1.35. The van der Waals surface area contributed by atoms with Crippen molar-refractivity contribution in [3.63, 3.8) is 0 Å². The Kier molecular flexibility index (Phi) is 4.08. The molecule has 5 rings (SSSR count). The molecule has 140 valence electrons. The van der Waals surface area contributed by atoms with Gasteiger partial charge in [0.25, 0.3) is 0 Å². The molecule has 0 amide bonds. The van der Waals surface area contributed by atoms with Gasteiger partial charge in [0.2, 0.25) is 0 Å². The van der Waals surface area contributed by atoms with Gasteiger partial charge in [-0.25, -0.2) is 0 Å². The minimum atomic E-state index is 0.609. The second-order valence-electron chi connectivity index (χ2n) is 8.08. The zero-order valence-electron chi connectivity index (χ0n) is 16.0. The molecule has 0 saturated carbocycles. The van der Waals surface area contributed by atoms with Crippen LogP contribution in [0.4, 0.5) is 5.82 Å². The summed E-state index contributed by atoms with van der Waals surface area (Å²) in [7, 11) is 0. The number of hydrogen-bond acceptors (Lipinski definition) is 5. The molecule has 2 fully saturated rings. The third-order valence-electron chi connectivity index (χ3n) is 6.32. The van der Waals surface area contributed by atoms with E-state index >= 15 is 0 Å². The topological polar surface area (TPSA) is 49.6 Å². The van der Waals surface area contributed by atoms with Gasteiger partial charge in [-0.3, -0.25) is 4.90 Å². The summed E-state index contributed by atoms with van der Waals surface area (Å²) in [5, 5.41) is 12.7. The summed E-state index contributed by atoms with van der Waals surface area (Å²) in [6.45, 7) is 8.80. The number of aromatic nitrogens is 4. The Bertz CT molecular complexity index is 964. The summed E-state index contributed by atoms with van der Waals surface area (Å²) < 4.78 is 1.77. The number of aryl methyl sites for hydroxylation is 2. The van der Waals surface area contributed by atoms with Gasteiger partial charge in [0, 0.05) is 25.7 Å². The molecule has 6 nitrogen and oxygen atoms in total. The number of benzene rings is 1. The van der Waals surface area contributed by atoms with Crippen LogP contribution in [0.1, 0.15) is 29.5 Å². The highest BCUT2D eigenvalue weighted by Crippen LogP contribution is 2.34. The van der Waals surface area contributed by atoms with E-state index in [1.807, 2.05) is 6.07 Å². The van der Waals surface area contributed by atoms with Gasteiger partial charge in [-0.2, -0.15) is 4.52 Å². The highest BCUT2D eigenvalue weighted by atomic mass is 15.4. The predicted molar refractivity (Wildman–Crippen MR) is 106 cm³/mol. The number of anilines is 1. The number of hydrogen-bond donors (Lipinski definition) is 0. The van der Waals surface area contributed by atoms with Crippen LogP contribution in [0.15, 0.2) is 36.7 Å². The zero-order valence-corrected chi connectivity index (χ0v) is 16.0. The van der Waals surface area contributed by atoms with Crippen LogP contribution < -0.4 is 4.90 Å². The van der Waals surface area contributed by atoms with Crippen LogP contribution in [-0.4, -0.2) is 50.4 Å². The fourth-order valence-electron chi connectivity index (χ4n) is 4.76. The maximum Gasteiger partial charge on any atom is 0.177 e. The van der Waals surface area contributed by atoms with Crippen LogP contribution in [0.25, 0.3) is 5.65 Å². The van der Waals surface area contributed by atoms with Crippen molar-refractivity contribution < 1.29 is 0 Å². The first-order valence-corrected chi connectivity index (χ1v) is 9.89. The van der Waals surface area contributed by atoms with Crippen molar-refractivity contribution in [2.24, 2.45) is 5.92 Å². The molecule has 3 aromatic rings. The van der Waals surface area contributed by atoms with Crippen LogP contribution in [0.2, 0.25) is 0 Å². The largest absolute Gasteiger partial charge is 0.354 e. The van der Waals surface area contributed by atoms with Crippen molar-refractivity contribution in [3.8, 4) is 0 Å². The molecular weight excluding hydrogens is 336 g/mol. The van der Waals surface area contributed by atoms with E-state index in [0.29, 0.717) is 6.04 Å². The van der Waals surface area contributed by atoms with Crippen LogP contribution in [0, 0.1) is 19.8 Å². The molecule has 6 heteroatoms. The zero-order chi connectivity index (χ0) is 18.4. The molecular formula is C21H26N6. The molecule has 0 N–H and O–H groups in total. The van der Waals surface area contributed by atoms with Gasteiger partial charge in [-0.15, -0.1) is 15.3 Å². The molecule has 2 unspecified atom stereocenters. The van der Waals surface area contributed by atoms with E-state index in [-0.39, 0.29) is 0 Å². The van der Waals surface area contributed by atoms with E-state index in [1.54, 1.807) is 10.8 Å². The lowest BCUT2D eigenvalue weighted by Gasteiger charge is -2.39. The van der Waals surface area contributed by atoms with Gasteiger partial charge in [0.15, 0.2) is 5.65 Å². The number of fused-ring (bicyclic) bond motifs is 2. The Hall–Kier alpha value is -2.47. The van der Waals surface area contributed by atoms with E-state index < -0.39 is 0 Å². The van der Waals surface area contributed by atoms with E-state index in [0.717, 1.165) is 37.0 Å². The molecule has 1 aromatic carbocycles. The quantitative estimate of drug-likeness (QED) is 0.717. The van der Waals surface area contributed by atoms with Crippen molar-refractivity contribution in [1.82, 2.24) is 24.7 Å². The summed E-state index contributed by atoms with van der Waals surface area (Å²) in [6, 6.07) is 11.5. The number of piperidine rings is 1. The summed E-state index contributed by atoms with van der Waals surface area (Å²) >= 11 is 0. The number of likely N-dealkylation sites (tertiary alicyclic amines) is 1. The molecule has 0 spiro atoms. The standard InChI is InChI=1S/C21H26N6/c1-15-3-4-18(16(2)11-15)12-25-9-7-17-8-10-26(13-19(17)25)21-6-5-20-23-22-14-27(20)24-21/h3-6,11,14,17,19H,7-10,12-13H2,1-2H3. The van der Waals surface area contributed by atoms with Gasteiger partial charge >= 0.3 is 0 Å². The van der Waals surface area contributed by atoms with Crippen molar-refractivity contribution in [1.29, 1.82) is 0 Å². The number of nitrogens with zero attached hydrogens (tertiary/aromatic N) is 6. The fourth-order valence-corrected chi connectivity index (χ4v) is 4.76.